The van der Waals surface area contributed by atoms with Gasteiger partial charge in [-0.1, -0.05) is 23.1 Å². The molecule has 25 heavy (non-hydrogen) atoms. The normalized spacial score (nSPS) is 26.6. The molecule has 2 saturated heterocycles. The average molecular weight is 382 g/mol. The van der Waals surface area contributed by atoms with E-state index in [-0.39, 0.29) is 17.2 Å². The molecule has 1 aliphatic carbocycles. The van der Waals surface area contributed by atoms with Crippen LogP contribution in [0.5, 0.6) is 0 Å². The number of nitrogens with two attached hydrogens (primary N) is 1. The molecule has 1 aromatic heterocycles. The van der Waals surface area contributed by atoms with E-state index in [1.165, 1.54) is 35.9 Å². The van der Waals surface area contributed by atoms with Crippen molar-refractivity contribution >= 4 is 40.0 Å². The highest BCUT2D eigenvalue weighted by molar-refractivity contribution is 8.01. The van der Waals surface area contributed by atoms with Crippen molar-refractivity contribution in [2.45, 2.75) is 36.4 Å². The molecule has 0 aromatic carbocycles. The third-order valence-electron chi connectivity index (χ3n) is 5.45. The molecule has 1 aromatic rings. The Hall–Kier alpha value is -1.35. The van der Waals surface area contributed by atoms with Crippen LogP contribution < -0.4 is 5.73 Å². The number of anilines is 1. The Morgan fingerprint density at radius 3 is 2.88 bits per heavy atom. The van der Waals surface area contributed by atoms with Crippen LogP contribution in [0.4, 0.5) is 5.13 Å². The van der Waals surface area contributed by atoms with E-state index in [0.29, 0.717) is 34.2 Å². The predicted octanol–water partition coefficient (Wildman–Crippen LogP) is 1.46. The Bertz CT molecular complexity index is 677. The van der Waals surface area contributed by atoms with Crippen molar-refractivity contribution in [3.8, 4) is 0 Å². The molecule has 136 valence electrons. The molecule has 1 spiro atoms. The van der Waals surface area contributed by atoms with Crippen LogP contribution in [0, 0.1) is 11.3 Å². The lowest BCUT2D eigenvalue weighted by Gasteiger charge is -2.39. The highest BCUT2D eigenvalue weighted by atomic mass is 32.2. The first-order valence-corrected chi connectivity index (χ1v) is 10.6. The first-order chi connectivity index (χ1) is 12.1. The molecule has 9 heteroatoms. The van der Waals surface area contributed by atoms with Crippen LogP contribution in [0.2, 0.25) is 0 Å². The minimum Gasteiger partial charge on any atom is -0.374 e. The standard InChI is InChI=1S/C16H23N5O2S2/c17-14-18-19-15(25-14)24-9-12(22)21-7-5-16(10-21)4-1-6-20(13(16)23)8-11-2-3-11/h11H,1-10H2,(H2,17,18). The molecule has 3 heterocycles. The molecular weight excluding hydrogens is 358 g/mol. The Kier molecular flexibility index (Phi) is 4.61. The maximum absolute atomic E-state index is 13.0. The number of thioether (sulfide) groups is 1. The summed E-state index contributed by atoms with van der Waals surface area (Å²) < 4.78 is 0.712. The van der Waals surface area contributed by atoms with Gasteiger partial charge >= 0.3 is 0 Å². The molecule has 1 unspecified atom stereocenters. The molecule has 0 radical (unpaired) electrons. The Morgan fingerprint density at radius 1 is 1.32 bits per heavy atom. The molecule has 7 nitrogen and oxygen atoms in total. The molecule has 2 amide bonds. The number of aromatic nitrogens is 2. The van der Waals surface area contributed by atoms with E-state index < -0.39 is 0 Å². The van der Waals surface area contributed by atoms with Crippen molar-refractivity contribution in [3.05, 3.63) is 0 Å². The topological polar surface area (TPSA) is 92.4 Å². The lowest BCUT2D eigenvalue weighted by atomic mass is 9.78. The number of nitrogen functional groups attached to an aromatic ring is 1. The second-order valence-corrected chi connectivity index (χ2v) is 9.57. The zero-order chi connectivity index (χ0) is 17.4. The second kappa shape index (κ2) is 6.75. The van der Waals surface area contributed by atoms with E-state index in [0.717, 1.165) is 32.4 Å². The SMILES string of the molecule is Nc1nnc(SCC(=O)N2CCC3(CCCN(CC4CC4)C3=O)C2)s1. The number of likely N-dealkylation sites (tertiary alicyclic amines) is 2. The van der Waals surface area contributed by atoms with Crippen molar-refractivity contribution < 1.29 is 9.59 Å². The minimum atomic E-state index is -0.333. The number of carbonyl (C=O) groups is 2. The van der Waals surface area contributed by atoms with Gasteiger partial charge in [-0.3, -0.25) is 9.59 Å². The van der Waals surface area contributed by atoms with Crippen molar-refractivity contribution in [2.75, 3.05) is 37.7 Å². The summed E-state index contributed by atoms with van der Waals surface area (Å²) >= 11 is 2.66. The summed E-state index contributed by atoms with van der Waals surface area (Å²) in [6.45, 7) is 3.06. The van der Waals surface area contributed by atoms with Crippen LogP contribution in [-0.2, 0) is 9.59 Å². The predicted molar refractivity (Wildman–Crippen MR) is 97.2 cm³/mol. The summed E-state index contributed by atoms with van der Waals surface area (Å²) in [4.78, 5) is 29.5. The molecule has 2 N–H and O–H groups in total. The van der Waals surface area contributed by atoms with E-state index in [1.54, 1.807) is 0 Å². The van der Waals surface area contributed by atoms with Gasteiger partial charge < -0.3 is 15.5 Å². The first kappa shape index (κ1) is 17.1. The monoisotopic (exact) mass is 381 g/mol. The van der Waals surface area contributed by atoms with Crippen LogP contribution in [0.3, 0.4) is 0 Å². The van der Waals surface area contributed by atoms with Gasteiger partial charge in [-0.25, -0.2) is 0 Å². The Labute approximate surface area is 155 Å². The summed E-state index contributed by atoms with van der Waals surface area (Å²) in [5, 5.41) is 8.10. The quantitative estimate of drug-likeness (QED) is 0.777. The molecule has 1 atom stereocenters. The lowest BCUT2D eigenvalue weighted by Crippen LogP contribution is -2.51. The molecule has 2 aliphatic heterocycles. The first-order valence-electron chi connectivity index (χ1n) is 8.85. The molecule has 1 saturated carbocycles. The third-order valence-corrected chi connectivity index (χ3v) is 7.32. The van der Waals surface area contributed by atoms with Crippen LogP contribution in [-0.4, -0.2) is 63.7 Å². The maximum atomic E-state index is 13.0. The number of amides is 2. The van der Waals surface area contributed by atoms with Crippen molar-refractivity contribution in [1.29, 1.82) is 0 Å². The maximum Gasteiger partial charge on any atom is 0.233 e. The number of piperidine rings is 1. The van der Waals surface area contributed by atoms with Gasteiger partial charge in [0.25, 0.3) is 0 Å². The molecular formula is C16H23N5O2S2. The highest BCUT2D eigenvalue weighted by Gasteiger charge is 2.49. The van der Waals surface area contributed by atoms with Crippen LogP contribution in [0.15, 0.2) is 4.34 Å². The summed E-state index contributed by atoms with van der Waals surface area (Å²) in [5.74, 6) is 1.40. The Balaban J connectivity index is 1.34. The lowest BCUT2D eigenvalue weighted by molar-refractivity contribution is -0.146. The highest BCUT2D eigenvalue weighted by Crippen LogP contribution is 2.42. The summed E-state index contributed by atoms with van der Waals surface area (Å²) in [7, 11) is 0. The summed E-state index contributed by atoms with van der Waals surface area (Å²) in [6, 6.07) is 0. The van der Waals surface area contributed by atoms with Gasteiger partial charge in [-0.05, 0) is 38.0 Å². The molecule has 3 fully saturated rings. The van der Waals surface area contributed by atoms with Gasteiger partial charge in [-0.2, -0.15) is 0 Å². The summed E-state index contributed by atoms with van der Waals surface area (Å²) in [6.07, 6.45) is 5.29. The zero-order valence-corrected chi connectivity index (χ0v) is 15.8. The van der Waals surface area contributed by atoms with Crippen LogP contribution >= 0.6 is 23.1 Å². The third kappa shape index (κ3) is 3.62. The zero-order valence-electron chi connectivity index (χ0n) is 14.1. The van der Waals surface area contributed by atoms with Crippen molar-refractivity contribution in [1.82, 2.24) is 20.0 Å². The second-order valence-electron chi connectivity index (χ2n) is 7.34. The van der Waals surface area contributed by atoms with Gasteiger partial charge in [-0.15, -0.1) is 10.2 Å². The molecule has 4 rings (SSSR count). The molecule has 0 bridgehead atoms. The van der Waals surface area contributed by atoms with E-state index >= 15 is 0 Å². The number of nitrogens with zero attached hydrogens (tertiary/aromatic N) is 4. The van der Waals surface area contributed by atoms with Gasteiger partial charge in [0.2, 0.25) is 16.9 Å². The van der Waals surface area contributed by atoms with Gasteiger partial charge in [0, 0.05) is 26.2 Å². The van der Waals surface area contributed by atoms with E-state index in [2.05, 4.69) is 15.1 Å². The smallest absolute Gasteiger partial charge is 0.233 e. The fraction of sp³-hybridized carbons (Fsp3) is 0.750. The van der Waals surface area contributed by atoms with E-state index in [1.807, 2.05) is 4.90 Å². The van der Waals surface area contributed by atoms with Crippen molar-refractivity contribution in [2.24, 2.45) is 11.3 Å². The number of hydrogen-bond acceptors (Lipinski definition) is 7. The van der Waals surface area contributed by atoms with Crippen LogP contribution in [0.1, 0.15) is 32.1 Å². The fourth-order valence-electron chi connectivity index (χ4n) is 3.90. The van der Waals surface area contributed by atoms with Crippen LogP contribution in [0.25, 0.3) is 0 Å². The summed E-state index contributed by atoms with van der Waals surface area (Å²) in [5.41, 5.74) is 5.23. The van der Waals surface area contributed by atoms with E-state index in [9.17, 15) is 9.59 Å². The van der Waals surface area contributed by atoms with Crippen molar-refractivity contribution in [3.63, 3.8) is 0 Å². The van der Waals surface area contributed by atoms with Gasteiger partial charge in [0.1, 0.15) is 0 Å². The van der Waals surface area contributed by atoms with Gasteiger partial charge in [0.05, 0.1) is 11.2 Å². The minimum absolute atomic E-state index is 0.0720. The van der Waals surface area contributed by atoms with Gasteiger partial charge in [0.15, 0.2) is 4.34 Å². The number of hydrogen-bond donors (Lipinski definition) is 1. The molecule has 3 aliphatic rings. The Morgan fingerprint density at radius 2 is 2.16 bits per heavy atom. The number of rotatable bonds is 5. The van der Waals surface area contributed by atoms with E-state index in [4.69, 9.17) is 5.73 Å². The largest absolute Gasteiger partial charge is 0.374 e. The number of carbonyl (C=O) groups excluding carboxylic acids is 2. The average Bonchev–Trinajstić information content (AvgIpc) is 3.15. The fourth-order valence-corrected chi connectivity index (χ4v) is 5.43.